The number of aromatic amines is 1. The molecule has 2 heterocycles. The largest absolute Gasteiger partial charge is 0.434 e. The van der Waals surface area contributed by atoms with Crippen LogP contribution >= 0.6 is 0 Å². The molecule has 3 aromatic rings. The summed E-state index contributed by atoms with van der Waals surface area (Å²) in [5, 5.41) is 9.14. The first-order chi connectivity index (χ1) is 14.1. The lowest BCUT2D eigenvalue weighted by Gasteiger charge is -2.36. The number of aromatic nitrogens is 2. The molecule has 1 amide bonds. The van der Waals surface area contributed by atoms with Gasteiger partial charge in [0.2, 0.25) is 11.8 Å². The fourth-order valence-corrected chi connectivity index (χ4v) is 3.77. The average molecular weight is 396 g/mol. The van der Waals surface area contributed by atoms with E-state index in [1.165, 1.54) is 24.3 Å². The first kappa shape index (κ1) is 19.1. The van der Waals surface area contributed by atoms with Crippen molar-refractivity contribution in [3.63, 3.8) is 0 Å². The Bertz CT molecular complexity index is 1020. The molecule has 0 saturated carbocycles. The van der Waals surface area contributed by atoms with Crippen LogP contribution in [0.15, 0.2) is 63.8 Å². The zero-order chi connectivity index (χ0) is 20.2. The summed E-state index contributed by atoms with van der Waals surface area (Å²) in [5.41, 5.74) is 1.39. The summed E-state index contributed by atoms with van der Waals surface area (Å²) >= 11 is 0. The molecule has 1 saturated heterocycles. The quantitative estimate of drug-likeness (QED) is 0.692. The maximum Gasteiger partial charge on any atom is 0.434 e. The van der Waals surface area contributed by atoms with Crippen LogP contribution in [0.1, 0.15) is 36.3 Å². The zero-order valence-electron chi connectivity index (χ0n) is 15.7. The normalized spacial score (nSPS) is 18.3. The Labute approximate surface area is 166 Å². The van der Waals surface area contributed by atoms with E-state index < -0.39 is 11.8 Å². The number of anilines is 1. The number of benzene rings is 2. The van der Waals surface area contributed by atoms with Gasteiger partial charge in [0.15, 0.2) is 0 Å². The van der Waals surface area contributed by atoms with Crippen LogP contribution in [0, 0.1) is 5.82 Å². The number of nitrogens with one attached hydrogen (secondary N) is 2. The molecule has 0 spiro atoms. The van der Waals surface area contributed by atoms with Crippen LogP contribution in [-0.4, -0.2) is 34.1 Å². The monoisotopic (exact) mass is 396 g/mol. The number of hydrogen-bond acceptors (Lipinski definition) is 5. The van der Waals surface area contributed by atoms with Gasteiger partial charge in [-0.15, -0.1) is 5.10 Å². The summed E-state index contributed by atoms with van der Waals surface area (Å²) in [6.07, 6.45) is 1.67. The highest BCUT2D eigenvalue weighted by molar-refractivity contribution is 5.95. The van der Waals surface area contributed by atoms with Crippen LogP contribution in [0.2, 0.25) is 0 Å². The van der Waals surface area contributed by atoms with E-state index in [-0.39, 0.29) is 17.6 Å². The van der Waals surface area contributed by atoms with Crippen LogP contribution in [0.5, 0.6) is 0 Å². The van der Waals surface area contributed by atoms with Gasteiger partial charge in [-0.05, 0) is 49.2 Å². The Morgan fingerprint density at radius 3 is 2.66 bits per heavy atom. The first-order valence-corrected chi connectivity index (χ1v) is 9.51. The molecule has 150 valence electrons. The van der Waals surface area contributed by atoms with Gasteiger partial charge in [0.1, 0.15) is 11.9 Å². The molecule has 0 aliphatic carbocycles. The first-order valence-electron chi connectivity index (χ1n) is 9.51. The molecule has 7 nitrogen and oxygen atoms in total. The van der Waals surface area contributed by atoms with Crippen molar-refractivity contribution in [1.82, 2.24) is 15.1 Å². The summed E-state index contributed by atoms with van der Waals surface area (Å²) in [6.45, 7) is 1.26. The lowest BCUT2D eigenvalue weighted by atomic mass is 9.94. The van der Waals surface area contributed by atoms with Crippen LogP contribution in [0.4, 0.5) is 10.1 Å². The smallest absolute Gasteiger partial charge is 0.392 e. The molecule has 1 aliphatic heterocycles. The topological polar surface area (TPSA) is 91.2 Å². The maximum absolute atomic E-state index is 13.2. The van der Waals surface area contributed by atoms with E-state index in [1.54, 1.807) is 0 Å². The summed E-state index contributed by atoms with van der Waals surface area (Å²) in [4.78, 5) is 26.6. The number of piperidine rings is 1. The van der Waals surface area contributed by atoms with Crippen molar-refractivity contribution in [2.75, 3.05) is 18.4 Å². The van der Waals surface area contributed by atoms with Crippen molar-refractivity contribution < 1.29 is 13.6 Å². The van der Waals surface area contributed by atoms with Crippen molar-refractivity contribution in [1.29, 1.82) is 0 Å². The summed E-state index contributed by atoms with van der Waals surface area (Å²) in [6, 6.07) is 14.7. The minimum absolute atomic E-state index is 0.0764. The van der Waals surface area contributed by atoms with Crippen LogP contribution in [0.25, 0.3) is 0 Å². The molecule has 8 heteroatoms. The highest BCUT2D eigenvalue weighted by Crippen LogP contribution is 2.32. The lowest BCUT2D eigenvalue weighted by molar-refractivity contribution is -0.122. The molecule has 2 N–H and O–H groups in total. The molecule has 2 aromatic carbocycles. The van der Waals surface area contributed by atoms with Crippen molar-refractivity contribution in [2.24, 2.45) is 0 Å². The van der Waals surface area contributed by atoms with Crippen molar-refractivity contribution in [3.05, 3.63) is 82.4 Å². The number of carbonyl (C=O) groups is 1. The molecule has 2 atom stereocenters. The van der Waals surface area contributed by atoms with E-state index in [2.05, 4.69) is 20.4 Å². The number of halogens is 1. The van der Waals surface area contributed by atoms with Crippen molar-refractivity contribution >= 4 is 11.6 Å². The molecular formula is C21H21FN4O3. The number of hydrogen-bond donors (Lipinski definition) is 2. The minimum Gasteiger partial charge on any atom is -0.392 e. The van der Waals surface area contributed by atoms with E-state index in [0.717, 1.165) is 24.9 Å². The van der Waals surface area contributed by atoms with Gasteiger partial charge in [-0.3, -0.25) is 9.69 Å². The molecule has 29 heavy (non-hydrogen) atoms. The highest BCUT2D eigenvalue weighted by atomic mass is 19.1. The predicted molar refractivity (Wildman–Crippen MR) is 105 cm³/mol. The Kier molecular flexibility index (Phi) is 5.53. The van der Waals surface area contributed by atoms with E-state index in [0.29, 0.717) is 18.1 Å². The number of H-pyrrole nitrogens is 1. The number of carbonyl (C=O) groups excluding carboxylic acids is 1. The van der Waals surface area contributed by atoms with Crippen LogP contribution in [-0.2, 0) is 4.79 Å². The van der Waals surface area contributed by atoms with Crippen molar-refractivity contribution in [2.45, 2.75) is 24.8 Å². The second-order valence-corrected chi connectivity index (χ2v) is 7.09. The molecule has 0 bridgehead atoms. The number of nitrogens with zero attached hydrogens (tertiary/aromatic N) is 2. The third-order valence-electron chi connectivity index (χ3n) is 5.10. The van der Waals surface area contributed by atoms with Gasteiger partial charge in [-0.1, -0.05) is 30.3 Å². The predicted octanol–water partition coefficient (Wildman–Crippen LogP) is 3.06. The van der Waals surface area contributed by atoms with Crippen molar-refractivity contribution in [3.8, 4) is 0 Å². The maximum atomic E-state index is 13.2. The number of amides is 1. The average Bonchev–Trinajstić information content (AvgIpc) is 3.17. The van der Waals surface area contributed by atoms with Gasteiger partial charge < -0.3 is 9.73 Å². The van der Waals surface area contributed by atoms with Gasteiger partial charge in [0, 0.05) is 12.2 Å². The van der Waals surface area contributed by atoms with Gasteiger partial charge in [-0.25, -0.2) is 14.3 Å². The minimum atomic E-state index is -0.578. The Morgan fingerprint density at radius 2 is 1.97 bits per heavy atom. The summed E-state index contributed by atoms with van der Waals surface area (Å²) in [7, 11) is 0. The van der Waals surface area contributed by atoms with Crippen LogP contribution < -0.4 is 11.1 Å². The summed E-state index contributed by atoms with van der Waals surface area (Å²) in [5.74, 6) is -0.849. The van der Waals surface area contributed by atoms with Gasteiger partial charge in [0.05, 0.1) is 5.92 Å². The van der Waals surface area contributed by atoms with Gasteiger partial charge >= 0.3 is 5.76 Å². The fourth-order valence-electron chi connectivity index (χ4n) is 3.77. The summed E-state index contributed by atoms with van der Waals surface area (Å²) < 4.78 is 18.3. The third kappa shape index (κ3) is 4.43. The highest BCUT2D eigenvalue weighted by Gasteiger charge is 2.34. The Balaban J connectivity index is 1.59. The van der Waals surface area contributed by atoms with E-state index in [9.17, 15) is 14.0 Å². The molecule has 1 fully saturated rings. The molecule has 0 radical (unpaired) electrons. The molecule has 1 aromatic heterocycles. The second-order valence-electron chi connectivity index (χ2n) is 7.09. The third-order valence-corrected chi connectivity index (χ3v) is 5.10. The van der Waals surface area contributed by atoms with E-state index in [1.807, 2.05) is 30.3 Å². The SMILES string of the molecule is O=C(Nc1ccc(F)cc1)[C@@H](c1ccccc1)N1CCC[C@H](c2n[nH]c(=O)o2)C1. The second kappa shape index (κ2) is 8.40. The van der Waals surface area contributed by atoms with Gasteiger partial charge in [0.25, 0.3) is 0 Å². The molecular weight excluding hydrogens is 375 g/mol. The van der Waals surface area contributed by atoms with Gasteiger partial charge in [-0.2, -0.15) is 0 Å². The standard InChI is InChI=1S/C21H21FN4O3/c22-16-8-10-17(11-9-16)23-19(27)18(14-5-2-1-3-6-14)26-12-4-7-15(13-26)20-24-25-21(28)29-20/h1-3,5-6,8-11,15,18H,4,7,12-13H2,(H,23,27)(H,25,28)/t15-,18+/m0/s1. The zero-order valence-corrected chi connectivity index (χ0v) is 15.7. The molecule has 4 rings (SSSR count). The Morgan fingerprint density at radius 1 is 1.21 bits per heavy atom. The van der Waals surface area contributed by atoms with E-state index >= 15 is 0 Å². The van der Waals surface area contributed by atoms with Crippen LogP contribution in [0.3, 0.4) is 0 Å². The number of rotatable bonds is 5. The molecule has 0 unspecified atom stereocenters. The number of likely N-dealkylation sites (tertiary alicyclic amines) is 1. The molecule has 1 aliphatic rings. The fraction of sp³-hybridized carbons (Fsp3) is 0.286. The van der Waals surface area contributed by atoms with E-state index in [4.69, 9.17) is 4.42 Å². The lowest BCUT2D eigenvalue weighted by Crippen LogP contribution is -2.42. The Hall–Kier alpha value is -3.26.